The van der Waals surface area contributed by atoms with Gasteiger partial charge in [-0.05, 0) is 32.6 Å². The lowest BCUT2D eigenvalue weighted by atomic mass is 9.90. The number of hydrogen-bond acceptors (Lipinski definition) is 1. The van der Waals surface area contributed by atoms with Gasteiger partial charge in [-0.1, -0.05) is 58.3 Å². The molecule has 0 aliphatic carbocycles. The Balaban J connectivity index is 3.78. The van der Waals surface area contributed by atoms with Crippen LogP contribution in [0.4, 0.5) is 0 Å². The van der Waals surface area contributed by atoms with Crippen LogP contribution in [0.15, 0.2) is 0 Å². The molecule has 0 aliphatic heterocycles. The lowest BCUT2D eigenvalue weighted by molar-refractivity contribution is 0.107. The van der Waals surface area contributed by atoms with Gasteiger partial charge in [-0.2, -0.15) is 0 Å². The van der Waals surface area contributed by atoms with Crippen LogP contribution in [0.25, 0.3) is 0 Å². The van der Waals surface area contributed by atoms with Crippen LogP contribution < -0.4 is 0 Å². The van der Waals surface area contributed by atoms with E-state index in [-0.39, 0.29) is 0 Å². The van der Waals surface area contributed by atoms with Gasteiger partial charge in [0.1, 0.15) is 5.60 Å². The smallest absolute Gasteiger partial charge is 0.122 e. The van der Waals surface area contributed by atoms with Crippen molar-refractivity contribution >= 4 is 0 Å². The molecule has 0 fully saturated rings. The minimum absolute atomic E-state index is 0.781. The predicted octanol–water partition coefficient (Wildman–Crippen LogP) is 4.54. The molecule has 1 N–H and O–H groups in total. The van der Waals surface area contributed by atoms with E-state index in [0.29, 0.717) is 0 Å². The van der Waals surface area contributed by atoms with Crippen molar-refractivity contribution < 1.29 is 5.11 Å². The van der Waals surface area contributed by atoms with Crippen molar-refractivity contribution in [2.45, 2.75) is 84.7 Å². The standard InChI is InChI=1S/C16H30O/c1-5-8-9-11-15(7-3)12-10-14-16(4,17)13-6-2/h15,17H,5,7-12,14H2,1-4H3. The highest BCUT2D eigenvalue weighted by molar-refractivity contribution is 5.09. The maximum absolute atomic E-state index is 9.94. The second-order valence-electron chi connectivity index (χ2n) is 5.31. The SMILES string of the molecule is CC#CC(C)(O)CCCC(CC)CCCCC. The van der Waals surface area contributed by atoms with Crippen molar-refractivity contribution in [1.29, 1.82) is 0 Å². The van der Waals surface area contributed by atoms with E-state index >= 15 is 0 Å². The van der Waals surface area contributed by atoms with Gasteiger partial charge < -0.3 is 5.11 Å². The summed E-state index contributed by atoms with van der Waals surface area (Å²) >= 11 is 0. The minimum Gasteiger partial charge on any atom is -0.378 e. The molecule has 0 aromatic heterocycles. The number of rotatable bonds is 9. The Morgan fingerprint density at radius 2 is 1.76 bits per heavy atom. The normalized spacial score (nSPS) is 15.8. The fraction of sp³-hybridized carbons (Fsp3) is 0.875. The molecule has 0 aliphatic rings. The Morgan fingerprint density at radius 3 is 2.29 bits per heavy atom. The number of unbranched alkanes of at least 4 members (excludes halogenated alkanes) is 2. The molecule has 0 saturated carbocycles. The summed E-state index contributed by atoms with van der Waals surface area (Å²) in [5, 5.41) is 9.94. The van der Waals surface area contributed by atoms with Crippen LogP contribution in [0.3, 0.4) is 0 Å². The summed E-state index contributed by atoms with van der Waals surface area (Å²) in [6, 6.07) is 0. The van der Waals surface area contributed by atoms with Crippen molar-refractivity contribution in [2.75, 3.05) is 0 Å². The Morgan fingerprint density at radius 1 is 1.12 bits per heavy atom. The molecule has 0 spiro atoms. The molecule has 0 saturated heterocycles. The van der Waals surface area contributed by atoms with Crippen LogP contribution in [0.5, 0.6) is 0 Å². The first-order valence-corrected chi connectivity index (χ1v) is 7.22. The zero-order chi connectivity index (χ0) is 13.1. The molecule has 1 nitrogen and oxygen atoms in total. The average Bonchev–Trinajstić information content (AvgIpc) is 2.27. The Kier molecular flexibility index (Phi) is 9.27. The highest BCUT2D eigenvalue weighted by atomic mass is 16.3. The second-order valence-corrected chi connectivity index (χ2v) is 5.31. The Hall–Kier alpha value is -0.480. The lowest BCUT2D eigenvalue weighted by Crippen LogP contribution is -2.21. The van der Waals surface area contributed by atoms with Crippen molar-refractivity contribution in [3.63, 3.8) is 0 Å². The fourth-order valence-electron chi connectivity index (χ4n) is 2.30. The van der Waals surface area contributed by atoms with E-state index in [0.717, 1.165) is 18.8 Å². The van der Waals surface area contributed by atoms with E-state index in [1.165, 1.54) is 38.5 Å². The van der Waals surface area contributed by atoms with Gasteiger partial charge in [0.15, 0.2) is 0 Å². The molecule has 1 heteroatoms. The third kappa shape index (κ3) is 9.24. The van der Waals surface area contributed by atoms with Gasteiger partial charge in [0, 0.05) is 0 Å². The van der Waals surface area contributed by atoms with Crippen molar-refractivity contribution in [3.05, 3.63) is 0 Å². The minimum atomic E-state index is -0.781. The first kappa shape index (κ1) is 16.5. The molecule has 0 rings (SSSR count). The molecular formula is C16H30O. The third-order valence-corrected chi connectivity index (χ3v) is 3.46. The van der Waals surface area contributed by atoms with Crippen molar-refractivity contribution in [3.8, 4) is 11.8 Å². The van der Waals surface area contributed by atoms with Crippen LogP contribution in [0.2, 0.25) is 0 Å². The van der Waals surface area contributed by atoms with Gasteiger partial charge in [0.2, 0.25) is 0 Å². The highest BCUT2D eigenvalue weighted by Crippen LogP contribution is 2.22. The van der Waals surface area contributed by atoms with Crippen LogP contribution in [-0.2, 0) is 0 Å². The van der Waals surface area contributed by atoms with Gasteiger partial charge in [-0.25, -0.2) is 0 Å². The molecule has 0 radical (unpaired) electrons. The fourth-order valence-corrected chi connectivity index (χ4v) is 2.30. The first-order chi connectivity index (χ1) is 8.05. The first-order valence-electron chi connectivity index (χ1n) is 7.22. The van der Waals surface area contributed by atoms with Crippen LogP contribution >= 0.6 is 0 Å². The molecule has 0 aromatic carbocycles. The Bertz CT molecular complexity index is 232. The number of hydrogen-bond donors (Lipinski definition) is 1. The van der Waals surface area contributed by atoms with Gasteiger partial charge in [-0.3, -0.25) is 0 Å². The average molecular weight is 238 g/mol. The summed E-state index contributed by atoms with van der Waals surface area (Å²) in [6.45, 7) is 8.14. The highest BCUT2D eigenvalue weighted by Gasteiger charge is 2.16. The lowest BCUT2D eigenvalue weighted by Gasteiger charge is -2.19. The van der Waals surface area contributed by atoms with Crippen LogP contribution in [0.1, 0.15) is 79.1 Å². The third-order valence-electron chi connectivity index (χ3n) is 3.46. The van der Waals surface area contributed by atoms with Gasteiger partial charge >= 0.3 is 0 Å². The predicted molar refractivity (Wildman–Crippen MR) is 75.8 cm³/mol. The summed E-state index contributed by atoms with van der Waals surface area (Å²) < 4.78 is 0. The van der Waals surface area contributed by atoms with E-state index in [2.05, 4.69) is 25.7 Å². The molecule has 0 amide bonds. The monoisotopic (exact) mass is 238 g/mol. The van der Waals surface area contributed by atoms with Gasteiger partial charge in [0.25, 0.3) is 0 Å². The molecule has 0 bridgehead atoms. The maximum atomic E-state index is 9.94. The van der Waals surface area contributed by atoms with E-state index in [9.17, 15) is 5.11 Å². The van der Waals surface area contributed by atoms with Crippen LogP contribution in [0, 0.1) is 17.8 Å². The topological polar surface area (TPSA) is 20.2 Å². The quantitative estimate of drug-likeness (QED) is 0.462. The summed E-state index contributed by atoms with van der Waals surface area (Å²) in [6.07, 6.45) is 9.77. The van der Waals surface area contributed by atoms with Crippen molar-refractivity contribution in [2.24, 2.45) is 5.92 Å². The van der Waals surface area contributed by atoms with E-state index in [1.807, 2.05) is 6.92 Å². The van der Waals surface area contributed by atoms with Crippen LogP contribution in [-0.4, -0.2) is 10.7 Å². The zero-order valence-corrected chi connectivity index (χ0v) is 12.2. The van der Waals surface area contributed by atoms with Gasteiger partial charge in [-0.15, -0.1) is 5.92 Å². The van der Waals surface area contributed by atoms with Crippen molar-refractivity contribution in [1.82, 2.24) is 0 Å². The zero-order valence-electron chi connectivity index (χ0n) is 12.2. The maximum Gasteiger partial charge on any atom is 0.122 e. The molecular weight excluding hydrogens is 208 g/mol. The van der Waals surface area contributed by atoms with Gasteiger partial charge in [0.05, 0.1) is 0 Å². The summed E-state index contributed by atoms with van der Waals surface area (Å²) in [4.78, 5) is 0. The Labute approximate surface area is 108 Å². The number of aliphatic hydroxyl groups is 1. The molecule has 17 heavy (non-hydrogen) atoms. The molecule has 100 valence electrons. The summed E-state index contributed by atoms with van der Waals surface area (Å²) in [5.41, 5.74) is -0.781. The van der Waals surface area contributed by atoms with E-state index in [4.69, 9.17) is 0 Å². The van der Waals surface area contributed by atoms with E-state index in [1.54, 1.807) is 6.92 Å². The molecule has 2 atom stereocenters. The summed E-state index contributed by atoms with van der Waals surface area (Å²) in [7, 11) is 0. The molecule has 0 aromatic rings. The second kappa shape index (κ2) is 9.54. The molecule has 2 unspecified atom stereocenters. The largest absolute Gasteiger partial charge is 0.378 e. The molecule has 0 heterocycles. The van der Waals surface area contributed by atoms with E-state index < -0.39 is 5.60 Å². The summed E-state index contributed by atoms with van der Waals surface area (Å²) in [5.74, 6) is 6.51.